The van der Waals surface area contributed by atoms with Crippen molar-refractivity contribution in [3.63, 3.8) is 0 Å². The van der Waals surface area contributed by atoms with Gasteiger partial charge in [0.05, 0.1) is 18.1 Å². The zero-order valence-electron chi connectivity index (χ0n) is 14.4. The number of hydrogen-bond donors (Lipinski definition) is 1. The lowest BCUT2D eigenvalue weighted by atomic mass is 10.2. The van der Waals surface area contributed by atoms with Gasteiger partial charge in [-0.3, -0.25) is 4.79 Å². The Balaban J connectivity index is 1.42. The van der Waals surface area contributed by atoms with Gasteiger partial charge in [-0.05, 0) is 48.4 Å². The van der Waals surface area contributed by atoms with Crippen LogP contribution in [0.3, 0.4) is 0 Å². The molecule has 2 aromatic carbocycles. The van der Waals surface area contributed by atoms with Gasteiger partial charge in [-0.2, -0.15) is 0 Å². The lowest BCUT2D eigenvalue weighted by Crippen LogP contribution is -2.17. The smallest absolute Gasteiger partial charge is 0.263 e. The minimum absolute atomic E-state index is 0.145. The number of thioether (sulfide) groups is 1. The number of nitrogens with one attached hydrogen (secondary N) is 1. The molecule has 2 aromatic rings. The first-order chi connectivity index (χ1) is 12.6. The van der Waals surface area contributed by atoms with Crippen LogP contribution in [0.4, 0.5) is 0 Å². The Kier molecular flexibility index (Phi) is 6.30. The molecule has 0 aromatic heterocycles. The molecule has 1 aliphatic rings. The molecule has 1 fully saturated rings. The number of aryl methyl sites for hydroxylation is 1. The maximum Gasteiger partial charge on any atom is 0.263 e. The zero-order valence-corrected chi connectivity index (χ0v) is 16.0. The molecule has 1 N–H and O–H groups in total. The molecule has 0 radical (unpaired) electrons. The maximum atomic E-state index is 11.7. The summed E-state index contributed by atoms with van der Waals surface area (Å²) < 4.78 is 11.9. The van der Waals surface area contributed by atoms with Crippen LogP contribution in [0.15, 0.2) is 53.4 Å². The van der Waals surface area contributed by atoms with Crippen LogP contribution in [0, 0.1) is 6.92 Å². The van der Waals surface area contributed by atoms with E-state index >= 15 is 0 Å². The van der Waals surface area contributed by atoms with Crippen molar-refractivity contribution in [3.05, 3.63) is 64.6 Å². The first kappa shape index (κ1) is 18.5. The van der Waals surface area contributed by atoms with E-state index in [1.54, 1.807) is 0 Å². The fraction of sp³-hybridized carbons (Fsp3) is 0.200. The van der Waals surface area contributed by atoms with Crippen molar-refractivity contribution in [2.75, 3.05) is 13.2 Å². The standard InChI is InChI=1S/C20H19NO3S2/c1-14-4-2-5-17(12-14)24-11-3-10-23-16-8-6-15(7-9-16)13-18-19(22)21-20(25)26-18/h2,4-9,12-13H,3,10-11H2,1H3,(H,21,22,25)/b18-13-. The summed E-state index contributed by atoms with van der Waals surface area (Å²) in [4.78, 5) is 12.3. The number of hydrogen-bond acceptors (Lipinski definition) is 5. The highest BCUT2D eigenvalue weighted by Gasteiger charge is 2.21. The fourth-order valence-electron chi connectivity index (χ4n) is 2.38. The van der Waals surface area contributed by atoms with E-state index in [1.807, 2.05) is 61.5 Å². The molecule has 0 spiro atoms. The van der Waals surface area contributed by atoms with E-state index in [0.717, 1.165) is 23.5 Å². The predicted octanol–water partition coefficient (Wildman–Crippen LogP) is 4.33. The van der Waals surface area contributed by atoms with Gasteiger partial charge in [0.1, 0.15) is 15.8 Å². The summed E-state index contributed by atoms with van der Waals surface area (Å²) in [5, 5.41) is 2.60. The average Bonchev–Trinajstić information content (AvgIpc) is 2.93. The van der Waals surface area contributed by atoms with Crippen molar-refractivity contribution in [1.29, 1.82) is 0 Å². The molecule has 1 aliphatic heterocycles. The first-order valence-electron chi connectivity index (χ1n) is 8.27. The van der Waals surface area contributed by atoms with Crippen LogP contribution in [0.5, 0.6) is 11.5 Å². The SMILES string of the molecule is Cc1cccc(OCCCOc2ccc(/C=C3\SC(=S)NC3=O)cc2)c1. The molecule has 4 nitrogen and oxygen atoms in total. The number of benzene rings is 2. The third-order valence-corrected chi connectivity index (χ3v) is 4.80. The van der Waals surface area contributed by atoms with E-state index in [0.29, 0.717) is 22.4 Å². The van der Waals surface area contributed by atoms with Crippen LogP contribution in [-0.2, 0) is 4.79 Å². The Morgan fingerprint density at radius 1 is 1.08 bits per heavy atom. The number of ether oxygens (including phenoxy) is 2. The van der Waals surface area contributed by atoms with Gasteiger partial charge in [-0.15, -0.1) is 0 Å². The molecule has 0 unspecified atom stereocenters. The van der Waals surface area contributed by atoms with Crippen LogP contribution in [0.2, 0.25) is 0 Å². The fourth-order valence-corrected chi connectivity index (χ4v) is 3.42. The van der Waals surface area contributed by atoms with Gasteiger partial charge in [0.25, 0.3) is 5.91 Å². The molecule has 134 valence electrons. The third-order valence-electron chi connectivity index (χ3n) is 3.64. The van der Waals surface area contributed by atoms with Crippen LogP contribution in [-0.4, -0.2) is 23.4 Å². The summed E-state index contributed by atoms with van der Waals surface area (Å²) in [6.45, 7) is 3.24. The largest absolute Gasteiger partial charge is 0.493 e. The number of thiocarbonyl (C=S) groups is 1. The molecule has 1 saturated heterocycles. The number of amides is 1. The van der Waals surface area contributed by atoms with Crippen LogP contribution in [0.1, 0.15) is 17.5 Å². The summed E-state index contributed by atoms with van der Waals surface area (Å²) in [6.07, 6.45) is 2.62. The van der Waals surface area contributed by atoms with Crippen molar-refractivity contribution in [3.8, 4) is 11.5 Å². The van der Waals surface area contributed by atoms with E-state index in [4.69, 9.17) is 21.7 Å². The minimum Gasteiger partial charge on any atom is -0.493 e. The summed E-state index contributed by atoms with van der Waals surface area (Å²) in [5.41, 5.74) is 2.12. The normalized spacial score (nSPS) is 15.2. The molecular formula is C20H19NO3S2. The van der Waals surface area contributed by atoms with E-state index in [9.17, 15) is 4.79 Å². The van der Waals surface area contributed by atoms with Crippen molar-refractivity contribution in [2.24, 2.45) is 0 Å². The molecule has 1 heterocycles. The van der Waals surface area contributed by atoms with Gasteiger partial charge < -0.3 is 14.8 Å². The van der Waals surface area contributed by atoms with E-state index in [1.165, 1.54) is 17.3 Å². The monoisotopic (exact) mass is 385 g/mol. The van der Waals surface area contributed by atoms with Crippen molar-refractivity contribution < 1.29 is 14.3 Å². The molecule has 1 amide bonds. The highest BCUT2D eigenvalue weighted by atomic mass is 32.2. The van der Waals surface area contributed by atoms with E-state index in [-0.39, 0.29) is 5.91 Å². The van der Waals surface area contributed by atoms with Gasteiger partial charge in [-0.25, -0.2) is 0 Å². The second-order valence-corrected chi connectivity index (χ2v) is 7.51. The lowest BCUT2D eigenvalue weighted by molar-refractivity contribution is -0.115. The summed E-state index contributed by atoms with van der Waals surface area (Å²) >= 11 is 6.25. The van der Waals surface area contributed by atoms with Gasteiger partial charge >= 0.3 is 0 Å². The van der Waals surface area contributed by atoms with Crippen LogP contribution in [0.25, 0.3) is 6.08 Å². The Labute approximate surface area is 162 Å². The molecule has 0 atom stereocenters. The Morgan fingerprint density at radius 3 is 2.46 bits per heavy atom. The minimum atomic E-state index is -0.145. The average molecular weight is 386 g/mol. The molecule has 0 aliphatic carbocycles. The van der Waals surface area contributed by atoms with Gasteiger partial charge in [0, 0.05) is 6.42 Å². The van der Waals surface area contributed by atoms with E-state index < -0.39 is 0 Å². The summed E-state index contributed by atoms with van der Waals surface area (Å²) in [6, 6.07) is 15.6. The predicted molar refractivity (Wildman–Crippen MR) is 110 cm³/mol. The Bertz CT molecular complexity index is 831. The first-order valence-corrected chi connectivity index (χ1v) is 9.50. The summed E-state index contributed by atoms with van der Waals surface area (Å²) in [7, 11) is 0. The molecule has 0 bridgehead atoms. The van der Waals surface area contributed by atoms with Crippen LogP contribution < -0.4 is 14.8 Å². The molecule has 6 heteroatoms. The van der Waals surface area contributed by atoms with Crippen LogP contribution >= 0.6 is 24.0 Å². The number of carbonyl (C=O) groups is 1. The highest BCUT2D eigenvalue weighted by molar-refractivity contribution is 8.26. The highest BCUT2D eigenvalue weighted by Crippen LogP contribution is 2.26. The number of carbonyl (C=O) groups excluding carboxylic acids is 1. The zero-order chi connectivity index (χ0) is 18.4. The van der Waals surface area contributed by atoms with Crippen molar-refractivity contribution in [2.45, 2.75) is 13.3 Å². The molecular weight excluding hydrogens is 366 g/mol. The molecule has 0 saturated carbocycles. The van der Waals surface area contributed by atoms with Gasteiger partial charge in [0.2, 0.25) is 0 Å². The quantitative estimate of drug-likeness (QED) is 0.437. The van der Waals surface area contributed by atoms with E-state index in [2.05, 4.69) is 5.32 Å². The van der Waals surface area contributed by atoms with Crippen molar-refractivity contribution >= 4 is 40.3 Å². The Morgan fingerprint density at radius 2 is 1.81 bits per heavy atom. The molecule has 26 heavy (non-hydrogen) atoms. The maximum absolute atomic E-state index is 11.7. The topological polar surface area (TPSA) is 47.6 Å². The third kappa shape index (κ3) is 5.34. The summed E-state index contributed by atoms with van der Waals surface area (Å²) in [5.74, 6) is 1.53. The second-order valence-electron chi connectivity index (χ2n) is 5.79. The van der Waals surface area contributed by atoms with Gasteiger partial charge in [-0.1, -0.05) is 48.2 Å². The van der Waals surface area contributed by atoms with Crippen molar-refractivity contribution in [1.82, 2.24) is 5.32 Å². The number of rotatable bonds is 7. The Hall–Kier alpha value is -2.31. The lowest BCUT2D eigenvalue weighted by Gasteiger charge is -2.08. The second kappa shape index (κ2) is 8.87. The van der Waals surface area contributed by atoms with Gasteiger partial charge in [0.15, 0.2) is 0 Å². The molecule has 3 rings (SSSR count).